The number of Topliss-reactive ketones (excluding diaryl/α,β-unsaturated/α-hetero) is 2. The van der Waals surface area contributed by atoms with Crippen molar-refractivity contribution in [1.82, 2.24) is 20.4 Å². The van der Waals surface area contributed by atoms with E-state index >= 15 is 0 Å². The van der Waals surface area contributed by atoms with Gasteiger partial charge in [-0.2, -0.15) is 0 Å². The molecular weight excluding hydrogens is 476 g/mol. The molecule has 10 nitrogen and oxygen atoms in total. The minimum atomic E-state index is -0.918. The molecule has 0 aromatic heterocycles. The van der Waals surface area contributed by atoms with Gasteiger partial charge in [-0.15, -0.1) is 0 Å². The number of cyclic esters (lactones) is 2. The van der Waals surface area contributed by atoms with E-state index in [1.165, 1.54) is 9.80 Å². The Morgan fingerprint density at radius 3 is 1.86 bits per heavy atom. The maximum absolute atomic E-state index is 13.5. The molecule has 0 saturated carbocycles. The Morgan fingerprint density at radius 1 is 0.919 bits per heavy atom. The molecule has 1 aliphatic heterocycles. The average molecular weight is 525 g/mol. The van der Waals surface area contributed by atoms with Gasteiger partial charge in [0, 0.05) is 39.1 Å². The highest BCUT2D eigenvalue weighted by molar-refractivity contribution is 5.93. The van der Waals surface area contributed by atoms with Gasteiger partial charge in [0.15, 0.2) is 11.6 Å². The van der Waals surface area contributed by atoms with E-state index in [9.17, 15) is 19.2 Å². The molecule has 2 amide bonds. The molecule has 10 heteroatoms. The topological polar surface area (TPSA) is 117 Å². The molecule has 0 aliphatic carbocycles. The molecule has 0 spiro atoms. The fraction of sp³-hybridized carbons (Fsp3) is 0.778. The second kappa shape index (κ2) is 15.1. The predicted molar refractivity (Wildman–Crippen MR) is 144 cm³/mol. The number of carbonyl (C=O) groups is 4. The Morgan fingerprint density at radius 2 is 1.41 bits per heavy atom. The lowest BCUT2D eigenvalue weighted by Gasteiger charge is -2.36. The first kappa shape index (κ1) is 32.6. The summed E-state index contributed by atoms with van der Waals surface area (Å²) in [5.41, 5.74) is -1.75. The average Bonchev–Trinajstić information content (AvgIpc) is 2.82. The number of nitrogens with zero attached hydrogens (tertiary/aromatic N) is 2. The van der Waals surface area contributed by atoms with Crippen molar-refractivity contribution in [1.29, 1.82) is 0 Å². The molecular formula is C27H48N4O6. The molecule has 0 aromatic carbocycles. The van der Waals surface area contributed by atoms with Crippen LogP contribution < -0.4 is 10.6 Å². The van der Waals surface area contributed by atoms with Crippen LogP contribution in [0.4, 0.5) is 9.59 Å². The third-order valence-corrected chi connectivity index (χ3v) is 6.67. The summed E-state index contributed by atoms with van der Waals surface area (Å²) >= 11 is 0. The van der Waals surface area contributed by atoms with Crippen LogP contribution >= 0.6 is 0 Å². The number of rotatable bonds is 4. The van der Waals surface area contributed by atoms with E-state index in [1.807, 2.05) is 41.5 Å². The van der Waals surface area contributed by atoms with Crippen LogP contribution in [0.5, 0.6) is 0 Å². The van der Waals surface area contributed by atoms with Crippen molar-refractivity contribution in [3.05, 3.63) is 12.2 Å². The molecule has 2 N–H and O–H groups in total. The van der Waals surface area contributed by atoms with Crippen molar-refractivity contribution in [2.24, 2.45) is 5.92 Å². The summed E-state index contributed by atoms with van der Waals surface area (Å²) in [5, 5.41) is 6.65. The van der Waals surface area contributed by atoms with Crippen molar-refractivity contribution in [3.63, 3.8) is 0 Å². The van der Waals surface area contributed by atoms with Crippen LogP contribution in [0.1, 0.15) is 67.2 Å². The van der Waals surface area contributed by atoms with Gasteiger partial charge in [0.2, 0.25) is 0 Å². The SMILES string of the molecule is CC(C)N[C@]1(C)CCCN(C)C(=O)OCC=CCOC(=O)N(C)CCC[C@](C)(C(=O)C(C)C)NCC1=O. The number of ketones is 2. The monoisotopic (exact) mass is 524 g/mol. The summed E-state index contributed by atoms with van der Waals surface area (Å²) in [6, 6.07) is 0.0666. The van der Waals surface area contributed by atoms with E-state index in [0.717, 1.165) is 0 Å². The number of amides is 2. The van der Waals surface area contributed by atoms with E-state index in [-0.39, 0.29) is 43.3 Å². The molecule has 1 heterocycles. The number of carbonyl (C=O) groups excluding carboxylic acids is 4. The summed E-state index contributed by atoms with van der Waals surface area (Å²) in [7, 11) is 3.29. The maximum Gasteiger partial charge on any atom is 0.409 e. The second-order valence-electron chi connectivity index (χ2n) is 10.9. The Balaban J connectivity index is 3.14. The lowest BCUT2D eigenvalue weighted by molar-refractivity contribution is -0.129. The number of hydrogen-bond acceptors (Lipinski definition) is 8. The van der Waals surface area contributed by atoms with E-state index in [0.29, 0.717) is 38.8 Å². The van der Waals surface area contributed by atoms with E-state index in [2.05, 4.69) is 10.6 Å². The van der Waals surface area contributed by atoms with Gasteiger partial charge in [0.1, 0.15) is 13.2 Å². The van der Waals surface area contributed by atoms with Gasteiger partial charge in [-0.05, 0) is 65.5 Å². The van der Waals surface area contributed by atoms with Crippen LogP contribution in [-0.2, 0) is 19.1 Å². The van der Waals surface area contributed by atoms with Gasteiger partial charge in [-0.25, -0.2) is 9.59 Å². The van der Waals surface area contributed by atoms with Crippen LogP contribution in [0.15, 0.2) is 12.2 Å². The largest absolute Gasteiger partial charge is 0.445 e. The quantitative estimate of drug-likeness (QED) is 0.539. The van der Waals surface area contributed by atoms with Gasteiger partial charge in [0.25, 0.3) is 0 Å². The van der Waals surface area contributed by atoms with Crippen molar-refractivity contribution in [2.75, 3.05) is 46.9 Å². The second-order valence-corrected chi connectivity index (χ2v) is 10.9. The van der Waals surface area contributed by atoms with E-state index < -0.39 is 23.3 Å². The first-order valence-electron chi connectivity index (χ1n) is 13.2. The zero-order valence-electron chi connectivity index (χ0n) is 24.0. The van der Waals surface area contributed by atoms with Crippen LogP contribution in [0.2, 0.25) is 0 Å². The molecule has 1 rings (SSSR count). The molecule has 212 valence electrons. The number of hydrogen-bond donors (Lipinski definition) is 2. The van der Waals surface area contributed by atoms with Crippen LogP contribution in [0, 0.1) is 5.92 Å². The molecule has 1 aliphatic rings. The predicted octanol–water partition coefficient (Wildman–Crippen LogP) is 3.15. The van der Waals surface area contributed by atoms with Crippen molar-refractivity contribution in [2.45, 2.75) is 84.3 Å². The van der Waals surface area contributed by atoms with Gasteiger partial charge < -0.3 is 24.6 Å². The molecule has 0 fully saturated rings. The zero-order valence-corrected chi connectivity index (χ0v) is 24.0. The molecule has 0 unspecified atom stereocenters. The lowest BCUT2D eigenvalue weighted by Crippen LogP contribution is -2.59. The van der Waals surface area contributed by atoms with Gasteiger partial charge >= 0.3 is 12.2 Å². The molecule has 2 atom stereocenters. The maximum atomic E-state index is 13.5. The molecule has 0 aromatic rings. The Kier molecular flexibility index (Phi) is 13.3. The summed E-state index contributed by atoms with van der Waals surface area (Å²) in [6.45, 7) is 12.3. The lowest BCUT2D eigenvalue weighted by atomic mass is 9.83. The van der Waals surface area contributed by atoms with Gasteiger partial charge in [-0.3, -0.25) is 14.9 Å². The van der Waals surface area contributed by atoms with Crippen LogP contribution in [-0.4, -0.2) is 97.6 Å². The number of ether oxygens (including phenoxy) is 2. The van der Waals surface area contributed by atoms with Crippen LogP contribution in [0.25, 0.3) is 0 Å². The van der Waals surface area contributed by atoms with Crippen LogP contribution in [0.3, 0.4) is 0 Å². The Hall–Kier alpha value is -2.46. The molecule has 0 radical (unpaired) electrons. The van der Waals surface area contributed by atoms with Crippen molar-refractivity contribution >= 4 is 23.8 Å². The summed E-state index contributed by atoms with van der Waals surface area (Å²) in [5.74, 6) is -0.245. The van der Waals surface area contributed by atoms with Crippen molar-refractivity contribution in [3.8, 4) is 0 Å². The minimum Gasteiger partial charge on any atom is -0.445 e. The fourth-order valence-electron chi connectivity index (χ4n) is 4.45. The van der Waals surface area contributed by atoms with Crippen molar-refractivity contribution < 1.29 is 28.7 Å². The Bertz CT molecular complexity index is 815. The molecule has 0 bridgehead atoms. The number of nitrogens with one attached hydrogen (secondary N) is 2. The normalized spacial score (nSPS) is 26.6. The molecule has 0 saturated heterocycles. The highest BCUT2D eigenvalue weighted by Crippen LogP contribution is 2.21. The first-order valence-corrected chi connectivity index (χ1v) is 13.2. The molecule has 37 heavy (non-hydrogen) atoms. The first-order chi connectivity index (χ1) is 17.2. The summed E-state index contributed by atoms with van der Waals surface area (Å²) in [4.78, 5) is 54.1. The van der Waals surface area contributed by atoms with E-state index in [4.69, 9.17) is 9.47 Å². The highest BCUT2D eigenvalue weighted by Gasteiger charge is 2.38. The third-order valence-electron chi connectivity index (χ3n) is 6.67. The third kappa shape index (κ3) is 10.8. The summed E-state index contributed by atoms with van der Waals surface area (Å²) in [6.07, 6.45) is 4.42. The smallest absolute Gasteiger partial charge is 0.409 e. The summed E-state index contributed by atoms with van der Waals surface area (Å²) < 4.78 is 10.4. The highest BCUT2D eigenvalue weighted by atomic mass is 16.6. The van der Waals surface area contributed by atoms with E-state index in [1.54, 1.807) is 26.2 Å². The zero-order chi connectivity index (χ0) is 28.2. The fourth-order valence-corrected chi connectivity index (χ4v) is 4.45. The Labute approximate surface area is 222 Å². The minimum absolute atomic E-state index is 0.0204. The van der Waals surface area contributed by atoms with Gasteiger partial charge in [-0.1, -0.05) is 13.8 Å². The standard InChI is InChI=1S/C27H48N4O6/c1-20(2)23(33)27(6)14-12-16-31(8)25(35)37-18-10-9-17-36-24(34)30(7)15-11-13-26(5,29-21(3)4)22(32)19-28-27/h9-10,20-21,28-29H,11-19H2,1-8H3/t26-,27-/m1/s1. The van der Waals surface area contributed by atoms with Gasteiger partial charge in [0.05, 0.1) is 17.6 Å².